The number of rotatable bonds is 3. The lowest BCUT2D eigenvalue weighted by atomic mass is 9.93. The van der Waals surface area contributed by atoms with E-state index >= 15 is 0 Å². The highest BCUT2D eigenvalue weighted by atomic mass is 35.5. The van der Waals surface area contributed by atoms with E-state index in [9.17, 15) is 5.11 Å². The average Bonchev–Trinajstić information content (AvgIpc) is 2.28. The molecule has 2 rings (SSSR count). The van der Waals surface area contributed by atoms with Crippen LogP contribution < -0.4 is 5.32 Å². The van der Waals surface area contributed by atoms with E-state index < -0.39 is 6.10 Å². The molecule has 4 nitrogen and oxygen atoms in total. The van der Waals surface area contributed by atoms with E-state index in [1.807, 2.05) is 0 Å². The maximum absolute atomic E-state index is 9.24. The SMILES string of the molecule is C[C@@H](O)CNc1nnc(Cl)c2c1CCCC2. The predicted molar refractivity (Wildman–Crippen MR) is 63.9 cm³/mol. The summed E-state index contributed by atoms with van der Waals surface area (Å²) in [5.41, 5.74) is 2.29. The molecule has 0 unspecified atom stereocenters. The third-order valence-electron chi connectivity index (χ3n) is 2.81. The number of anilines is 1. The molecule has 0 bridgehead atoms. The maximum atomic E-state index is 9.24. The van der Waals surface area contributed by atoms with E-state index in [0.29, 0.717) is 11.7 Å². The molecule has 16 heavy (non-hydrogen) atoms. The van der Waals surface area contributed by atoms with Gasteiger partial charge in [0, 0.05) is 12.1 Å². The van der Waals surface area contributed by atoms with Crippen molar-refractivity contribution >= 4 is 17.4 Å². The summed E-state index contributed by atoms with van der Waals surface area (Å²) < 4.78 is 0. The van der Waals surface area contributed by atoms with Gasteiger partial charge in [-0.1, -0.05) is 11.6 Å². The number of hydrogen-bond donors (Lipinski definition) is 2. The first kappa shape index (κ1) is 11.6. The van der Waals surface area contributed by atoms with Gasteiger partial charge in [0.25, 0.3) is 0 Å². The molecule has 1 atom stereocenters. The Morgan fingerprint density at radius 2 is 2.00 bits per heavy atom. The lowest BCUT2D eigenvalue weighted by Gasteiger charge is -2.19. The molecule has 0 aliphatic heterocycles. The highest BCUT2D eigenvalue weighted by Gasteiger charge is 2.18. The molecule has 1 heterocycles. The molecule has 1 aromatic rings. The van der Waals surface area contributed by atoms with Crippen LogP contribution in [-0.2, 0) is 12.8 Å². The van der Waals surface area contributed by atoms with Crippen LogP contribution in [-0.4, -0.2) is 28.0 Å². The Balaban J connectivity index is 2.24. The molecule has 1 aromatic heterocycles. The molecule has 1 aliphatic carbocycles. The fourth-order valence-corrected chi connectivity index (χ4v) is 2.24. The van der Waals surface area contributed by atoms with Crippen molar-refractivity contribution in [3.63, 3.8) is 0 Å². The summed E-state index contributed by atoms with van der Waals surface area (Å²) in [6.07, 6.45) is 3.91. The van der Waals surface area contributed by atoms with Gasteiger partial charge < -0.3 is 10.4 Å². The molecular weight excluding hydrogens is 226 g/mol. The van der Waals surface area contributed by atoms with Crippen molar-refractivity contribution in [1.82, 2.24) is 10.2 Å². The summed E-state index contributed by atoms with van der Waals surface area (Å²) in [6.45, 7) is 2.23. The highest BCUT2D eigenvalue weighted by Crippen LogP contribution is 2.29. The number of nitrogens with zero attached hydrogens (tertiary/aromatic N) is 2. The molecule has 0 amide bonds. The molecule has 1 aliphatic rings. The number of halogens is 1. The molecule has 0 fully saturated rings. The molecule has 0 saturated heterocycles. The van der Waals surface area contributed by atoms with Gasteiger partial charge in [0.05, 0.1) is 6.10 Å². The molecule has 0 radical (unpaired) electrons. The lowest BCUT2D eigenvalue weighted by molar-refractivity contribution is 0.208. The summed E-state index contributed by atoms with van der Waals surface area (Å²) >= 11 is 6.03. The predicted octanol–water partition coefficient (Wildman–Crippen LogP) is 1.80. The second kappa shape index (κ2) is 4.97. The number of aliphatic hydroxyl groups is 1. The Labute approximate surface area is 100 Å². The van der Waals surface area contributed by atoms with Crippen molar-refractivity contribution in [2.75, 3.05) is 11.9 Å². The van der Waals surface area contributed by atoms with Gasteiger partial charge >= 0.3 is 0 Å². The quantitative estimate of drug-likeness (QED) is 0.847. The number of aliphatic hydroxyl groups excluding tert-OH is 1. The molecule has 2 N–H and O–H groups in total. The van der Waals surface area contributed by atoms with Crippen LogP contribution in [0.3, 0.4) is 0 Å². The van der Waals surface area contributed by atoms with E-state index in [1.54, 1.807) is 6.92 Å². The van der Waals surface area contributed by atoms with Gasteiger partial charge in [-0.15, -0.1) is 10.2 Å². The average molecular weight is 242 g/mol. The first-order chi connectivity index (χ1) is 7.68. The van der Waals surface area contributed by atoms with Crippen molar-refractivity contribution in [3.05, 3.63) is 16.3 Å². The highest BCUT2D eigenvalue weighted by molar-refractivity contribution is 6.30. The van der Waals surface area contributed by atoms with E-state index in [-0.39, 0.29) is 0 Å². The first-order valence-corrected chi connectivity index (χ1v) is 6.02. The molecule has 88 valence electrons. The minimum absolute atomic E-state index is 0.392. The van der Waals surface area contributed by atoms with Crippen molar-refractivity contribution in [2.45, 2.75) is 38.7 Å². The molecule has 5 heteroatoms. The second-order valence-electron chi connectivity index (χ2n) is 4.23. The fraction of sp³-hybridized carbons (Fsp3) is 0.636. The van der Waals surface area contributed by atoms with Gasteiger partial charge in [-0.05, 0) is 38.2 Å². The standard InChI is InChI=1S/C11H16ClN3O/c1-7(16)6-13-11-9-5-3-2-4-8(9)10(12)14-15-11/h7,16H,2-6H2,1H3,(H,13,15)/t7-/m1/s1. The van der Waals surface area contributed by atoms with E-state index in [2.05, 4.69) is 15.5 Å². The number of hydrogen-bond acceptors (Lipinski definition) is 4. The Hall–Kier alpha value is -0.870. The molecule has 0 saturated carbocycles. The number of fused-ring (bicyclic) bond motifs is 1. The monoisotopic (exact) mass is 241 g/mol. The van der Waals surface area contributed by atoms with Gasteiger partial charge in [0.1, 0.15) is 0 Å². The maximum Gasteiger partial charge on any atom is 0.155 e. The summed E-state index contributed by atoms with van der Waals surface area (Å²) in [7, 11) is 0. The van der Waals surface area contributed by atoms with Crippen LogP contribution in [0.5, 0.6) is 0 Å². The van der Waals surface area contributed by atoms with Crippen LogP contribution in [0.15, 0.2) is 0 Å². The van der Waals surface area contributed by atoms with Crippen molar-refractivity contribution < 1.29 is 5.11 Å². The van der Waals surface area contributed by atoms with Crippen molar-refractivity contribution in [1.29, 1.82) is 0 Å². The van der Waals surface area contributed by atoms with Gasteiger partial charge in [0.15, 0.2) is 11.0 Å². The van der Waals surface area contributed by atoms with Crippen LogP contribution in [0.4, 0.5) is 5.82 Å². The third kappa shape index (κ3) is 2.44. The van der Waals surface area contributed by atoms with Crippen LogP contribution in [0.2, 0.25) is 5.15 Å². The lowest BCUT2D eigenvalue weighted by Crippen LogP contribution is -2.19. The van der Waals surface area contributed by atoms with Gasteiger partial charge in [-0.3, -0.25) is 0 Å². The molecule has 0 spiro atoms. The fourth-order valence-electron chi connectivity index (χ4n) is 2.00. The van der Waals surface area contributed by atoms with Crippen LogP contribution >= 0.6 is 11.6 Å². The second-order valence-corrected chi connectivity index (χ2v) is 4.59. The van der Waals surface area contributed by atoms with Crippen LogP contribution in [0.1, 0.15) is 30.9 Å². The van der Waals surface area contributed by atoms with Crippen LogP contribution in [0.25, 0.3) is 0 Å². The number of nitrogens with one attached hydrogen (secondary N) is 1. The van der Waals surface area contributed by atoms with Gasteiger partial charge in [0.2, 0.25) is 0 Å². The van der Waals surface area contributed by atoms with E-state index in [1.165, 1.54) is 12.0 Å². The van der Waals surface area contributed by atoms with Gasteiger partial charge in [-0.25, -0.2) is 0 Å². The topological polar surface area (TPSA) is 58.0 Å². The van der Waals surface area contributed by atoms with Gasteiger partial charge in [-0.2, -0.15) is 0 Å². The summed E-state index contributed by atoms with van der Waals surface area (Å²) in [5.74, 6) is 0.778. The minimum Gasteiger partial charge on any atom is -0.392 e. The Morgan fingerprint density at radius 1 is 1.31 bits per heavy atom. The zero-order valence-electron chi connectivity index (χ0n) is 9.33. The minimum atomic E-state index is -0.392. The Kier molecular flexibility index (Phi) is 3.61. The Bertz CT molecular complexity index is 382. The molecule has 0 aromatic carbocycles. The summed E-state index contributed by atoms with van der Waals surface area (Å²) in [6, 6.07) is 0. The molecular formula is C11H16ClN3O. The first-order valence-electron chi connectivity index (χ1n) is 5.64. The largest absolute Gasteiger partial charge is 0.392 e. The van der Waals surface area contributed by atoms with Crippen molar-refractivity contribution in [2.24, 2.45) is 0 Å². The Morgan fingerprint density at radius 3 is 2.69 bits per heavy atom. The summed E-state index contributed by atoms with van der Waals surface area (Å²) in [4.78, 5) is 0. The van der Waals surface area contributed by atoms with Crippen molar-refractivity contribution in [3.8, 4) is 0 Å². The third-order valence-corrected chi connectivity index (χ3v) is 3.11. The smallest absolute Gasteiger partial charge is 0.155 e. The van der Waals surface area contributed by atoms with E-state index in [0.717, 1.165) is 30.6 Å². The van der Waals surface area contributed by atoms with E-state index in [4.69, 9.17) is 11.6 Å². The number of aromatic nitrogens is 2. The zero-order chi connectivity index (χ0) is 11.5. The normalized spacial score (nSPS) is 16.7. The van der Waals surface area contributed by atoms with Crippen LogP contribution in [0, 0.1) is 0 Å². The zero-order valence-corrected chi connectivity index (χ0v) is 10.1. The summed E-state index contributed by atoms with van der Waals surface area (Å²) in [5, 5.41) is 20.9.